The van der Waals surface area contributed by atoms with E-state index in [0.29, 0.717) is 23.7 Å². The van der Waals surface area contributed by atoms with Crippen molar-refractivity contribution in [2.24, 2.45) is 0 Å². The van der Waals surface area contributed by atoms with Crippen LogP contribution < -0.4 is 5.32 Å². The molecule has 2 unspecified atom stereocenters. The maximum Gasteiger partial charge on any atom is 0.408 e. The number of aromatic nitrogens is 4. The van der Waals surface area contributed by atoms with Crippen molar-refractivity contribution in [3.63, 3.8) is 0 Å². The van der Waals surface area contributed by atoms with Crippen molar-refractivity contribution in [1.29, 1.82) is 0 Å². The minimum atomic E-state index is -4.41. The van der Waals surface area contributed by atoms with Gasteiger partial charge < -0.3 is 10.2 Å². The number of amides is 1. The number of nitrogens with one attached hydrogen (secondary N) is 1. The molecule has 2 aromatic heterocycles. The molecule has 1 amide bonds. The minimum Gasteiger partial charge on any atom is -0.364 e. The third-order valence-corrected chi connectivity index (χ3v) is 4.03. The van der Waals surface area contributed by atoms with Crippen molar-refractivity contribution in [3.8, 4) is 0 Å². The highest BCUT2D eigenvalue weighted by molar-refractivity contribution is 5.74. The average Bonchev–Trinajstić information content (AvgIpc) is 2.85. The largest absolute Gasteiger partial charge is 0.408 e. The van der Waals surface area contributed by atoms with Crippen LogP contribution in [0.15, 0.2) is 12.1 Å². The Morgan fingerprint density at radius 2 is 2.04 bits per heavy atom. The second-order valence-corrected chi connectivity index (χ2v) is 5.87. The van der Waals surface area contributed by atoms with Gasteiger partial charge in [0.25, 0.3) is 0 Å². The molecule has 0 aliphatic carbocycles. The van der Waals surface area contributed by atoms with Gasteiger partial charge in [-0.25, -0.2) is 4.98 Å². The van der Waals surface area contributed by atoms with Gasteiger partial charge in [-0.3, -0.25) is 4.79 Å². The molecule has 130 valence electrons. The summed E-state index contributed by atoms with van der Waals surface area (Å²) in [7, 11) is 0. The van der Waals surface area contributed by atoms with Crippen LogP contribution in [0.4, 0.5) is 19.0 Å². The Hall–Kier alpha value is -2.39. The molecule has 3 heterocycles. The molecule has 1 saturated heterocycles. The monoisotopic (exact) mass is 342 g/mol. The Balaban J connectivity index is 1.74. The molecule has 10 heteroatoms. The number of anilines is 1. The first-order valence-electron chi connectivity index (χ1n) is 7.55. The van der Waals surface area contributed by atoms with Gasteiger partial charge >= 0.3 is 6.18 Å². The van der Waals surface area contributed by atoms with Crippen LogP contribution in [0.3, 0.4) is 0 Å². The van der Waals surface area contributed by atoms with E-state index in [1.165, 1.54) is 4.63 Å². The highest BCUT2D eigenvalue weighted by atomic mass is 19.4. The fraction of sp³-hybridized carbons (Fsp3) is 0.571. The summed E-state index contributed by atoms with van der Waals surface area (Å²) in [5, 5.41) is 11.4. The average molecular weight is 342 g/mol. The second-order valence-electron chi connectivity index (χ2n) is 5.87. The maximum atomic E-state index is 13.0. The maximum absolute atomic E-state index is 13.0. The number of hydrogen-bond donors (Lipinski definition) is 1. The fourth-order valence-electron chi connectivity index (χ4n) is 2.95. The molecule has 0 spiro atoms. The summed E-state index contributed by atoms with van der Waals surface area (Å²) >= 11 is 0. The van der Waals surface area contributed by atoms with Gasteiger partial charge in [0.05, 0.1) is 0 Å². The summed E-state index contributed by atoms with van der Waals surface area (Å²) in [5.74, 6) is 0.471. The molecule has 3 rings (SSSR count). The minimum absolute atomic E-state index is 0.0182. The van der Waals surface area contributed by atoms with Crippen molar-refractivity contribution >= 4 is 17.4 Å². The first kappa shape index (κ1) is 16.5. The number of rotatable bonds is 2. The second kappa shape index (κ2) is 5.91. The number of carbonyl (C=O) groups is 1. The molecule has 1 fully saturated rings. The molecule has 0 radical (unpaired) electrons. The van der Waals surface area contributed by atoms with Crippen molar-refractivity contribution < 1.29 is 18.0 Å². The third kappa shape index (κ3) is 3.26. The Bertz CT molecular complexity index is 759. The van der Waals surface area contributed by atoms with E-state index in [0.717, 1.165) is 11.8 Å². The van der Waals surface area contributed by atoms with Crippen molar-refractivity contribution in [1.82, 2.24) is 24.7 Å². The van der Waals surface area contributed by atoms with Gasteiger partial charge in [0.1, 0.15) is 17.7 Å². The van der Waals surface area contributed by atoms with Crippen molar-refractivity contribution in [2.45, 2.75) is 44.9 Å². The molecular weight excluding hydrogens is 325 g/mol. The molecule has 1 N–H and O–H groups in total. The quantitative estimate of drug-likeness (QED) is 0.900. The predicted octanol–water partition coefficient (Wildman–Crippen LogP) is 1.79. The number of piperidine rings is 1. The number of likely N-dealkylation sites (tertiary alicyclic amines) is 1. The summed E-state index contributed by atoms with van der Waals surface area (Å²) in [4.78, 5) is 16.6. The fourth-order valence-corrected chi connectivity index (χ4v) is 2.95. The first-order valence-corrected chi connectivity index (χ1v) is 7.55. The van der Waals surface area contributed by atoms with E-state index in [1.54, 1.807) is 19.1 Å². The van der Waals surface area contributed by atoms with Crippen LogP contribution in [0.1, 0.15) is 25.6 Å². The standard InChI is InChI=1S/C14H17F3N6O/c1-8-18-13-6-5-12(21-23(13)20-8)19-10-3-4-11(14(15,16)17)22(7-10)9(2)24/h5-6,10-11H,3-4,7H2,1-2H3,(H,19,21). The zero-order valence-electron chi connectivity index (χ0n) is 13.2. The number of fused-ring (bicyclic) bond motifs is 1. The van der Waals surface area contributed by atoms with E-state index in [1.807, 2.05) is 0 Å². The number of aryl methyl sites for hydroxylation is 1. The number of halogens is 3. The van der Waals surface area contributed by atoms with E-state index in [4.69, 9.17) is 0 Å². The van der Waals surface area contributed by atoms with Gasteiger partial charge in [-0.15, -0.1) is 14.8 Å². The van der Waals surface area contributed by atoms with Crippen LogP contribution in [0.2, 0.25) is 0 Å². The molecule has 0 saturated carbocycles. The van der Waals surface area contributed by atoms with Gasteiger partial charge in [0.15, 0.2) is 5.65 Å². The molecule has 0 bridgehead atoms. The number of carbonyl (C=O) groups excluding carboxylic acids is 1. The number of nitrogens with zero attached hydrogens (tertiary/aromatic N) is 5. The third-order valence-electron chi connectivity index (χ3n) is 4.03. The Kier molecular flexibility index (Phi) is 4.06. The topological polar surface area (TPSA) is 75.4 Å². The molecule has 1 aliphatic heterocycles. The lowest BCUT2D eigenvalue weighted by Crippen LogP contribution is -2.55. The Labute approximate surface area is 135 Å². The van der Waals surface area contributed by atoms with Crippen LogP contribution >= 0.6 is 0 Å². The molecule has 24 heavy (non-hydrogen) atoms. The Morgan fingerprint density at radius 3 is 2.71 bits per heavy atom. The van der Waals surface area contributed by atoms with Crippen LogP contribution in [0.5, 0.6) is 0 Å². The summed E-state index contributed by atoms with van der Waals surface area (Å²) < 4.78 is 40.5. The van der Waals surface area contributed by atoms with Gasteiger partial charge in [-0.05, 0) is 31.9 Å². The lowest BCUT2D eigenvalue weighted by atomic mass is 9.97. The van der Waals surface area contributed by atoms with E-state index in [-0.39, 0.29) is 19.0 Å². The summed E-state index contributed by atoms with van der Waals surface area (Å²) in [6, 6.07) is 1.39. The Morgan fingerprint density at radius 1 is 1.29 bits per heavy atom. The van der Waals surface area contributed by atoms with Gasteiger partial charge in [-0.2, -0.15) is 13.2 Å². The molecule has 2 aromatic rings. The smallest absolute Gasteiger partial charge is 0.364 e. The first-order chi connectivity index (χ1) is 11.2. The van der Waals surface area contributed by atoms with Crippen LogP contribution in [-0.4, -0.2) is 55.4 Å². The van der Waals surface area contributed by atoms with E-state index < -0.39 is 18.1 Å². The summed E-state index contributed by atoms with van der Waals surface area (Å²) in [6.07, 6.45) is -4.25. The van der Waals surface area contributed by atoms with E-state index in [2.05, 4.69) is 20.5 Å². The SMILES string of the molecule is CC(=O)N1CC(Nc2ccc3nc(C)nn3n2)CCC1C(F)(F)F. The van der Waals surface area contributed by atoms with Crippen LogP contribution in [-0.2, 0) is 4.79 Å². The van der Waals surface area contributed by atoms with Crippen molar-refractivity contribution in [2.75, 3.05) is 11.9 Å². The van der Waals surface area contributed by atoms with Crippen LogP contribution in [0, 0.1) is 6.92 Å². The molecule has 1 aliphatic rings. The summed E-state index contributed by atoms with van der Waals surface area (Å²) in [5.41, 5.74) is 0.587. The molecular formula is C14H17F3N6O. The predicted molar refractivity (Wildman–Crippen MR) is 79.4 cm³/mol. The van der Waals surface area contributed by atoms with Crippen LogP contribution in [0.25, 0.3) is 5.65 Å². The number of alkyl halides is 3. The highest BCUT2D eigenvalue weighted by Gasteiger charge is 2.47. The lowest BCUT2D eigenvalue weighted by Gasteiger charge is -2.40. The number of hydrogen-bond acceptors (Lipinski definition) is 5. The van der Waals surface area contributed by atoms with Gasteiger partial charge in [-0.1, -0.05) is 0 Å². The summed E-state index contributed by atoms with van der Waals surface area (Å²) in [6.45, 7) is 2.88. The van der Waals surface area contributed by atoms with E-state index in [9.17, 15) is 18.0 Å². The molecule has 7 nitrogen and oxygen atoms in total. The van der Waals surface area contributed by atoms with E-state index >= 15 is 0 Å². The highest BCUT2D eigenvalue weighted by Crippen LogP contribution is 2.32. The molecule has 0 aromatic carbocycles. The van der Waals surface area contributed by atoms with Gasteiger partial charge in [0.2, 0.25) is 5.91 Å². The molecule has 2 atom stereocenters. The zero-order chi connectivity index (χ0) is 17.5. The van der Waals surface area contributed by atoms with Crippen molar-refractivity contribution in [3.05, 3.63) is 18.0 Å². The zero-order valence-corrected chi connectivity index (χ0v) is 13.2. The normalized spacial score (nSPS) is 22.0. The lowest BCUT2D eigenvalue weighted by molar-refractivity contribution is -0.195. The van der Waals surface area contributed by atoms with Gasteiger partial charge in [0, 0.05) is 19.5 Å².